The van der Waals surface area contributed by atoms with Crippen LogP contribution >= 0.6 is 0 Å². The van der Waals surface area contributed by atoms with Crippen molar-refractivity contribution in [2.24, 2.45) is 0 Å². The number of nitrogens with zero attached hydrogens (tertiary/aromatic N) is 1. The number of methoxy groups -OCH3 is 2. The summed E-state index contributed by atoms with van der Waals surface area (Å²) in [5.74, 6) is 1.78. The van der Waals surface area contributed by atoms with E-state index in [4.69, 9.17) is 23.4 Å². The van der Waals surface area contributed by atoms with Crippen LogP contribution in [0.25, 0.3) is 33.2 Å². The molecule has 0 aliphatic rings. The Morgan fingerprint density at radius 1 is 0.914 bits per heavy atom. The average molecular weight is 472 g/mol. The van der Waals surface area contributed by atoms with Crippen LogP contribution in [0.15, 0.2) is 77.2 Å². The van der Waals surface area contributed by atoms with Gasteiger partial charge in [-0.15, -0.1) is 0 Å². The van der Waals surface area contributed by atoms with Crippen LogP contribution in [0.2, 0.25) is 0 Å². The minimum Gasteiger partial charge on any atom is -0.497 e. The van der Waals surface area contributed by atoms with Gasteiger partial charge in [-0.1, -0.05) is 42.5 Å². The number of hydrogen-bond acceptors (Lipinski definition) is 6. The number of para-hydroxylation sites is 2. The smallest absolute Gasteiger partial charge is 0.497 e. The quantitative estimate of drug-likeness (QED) is 0.247. The zero-order chi connectivity index (χ0) is 24.4. The lowest BCUT2D eigenvalue weighted by Crippen LogP contribution is -2.14. The van der Waals surface area contributed by atoms with Crippen LogP contribution in [0.5, 0.6) is 17.4 Å². The Labute approximate surface area is 202 Å². The second kappa shape index (κ2) is 9.46. The Morgan fingerprint density at radius 2 is 1.66 bits per heavy atom. The number of rotatable bonds is 7. The van der Waals surface area contributed by atoms with E-state index in [9.17, 15) is 4.79 Å². The lowest BCUT2D eigenvalue weighted by Gasteiger charge is -2.14. The molecule has 0 aliphatic carbocycles. The molecule has 0 bridgehead atoms. The number of carbonyl (C=O) groups excluding carboxylic acids is 1. The van der Waals surface area contributed by atoms with E-state index in [0.29, 0.717) is 23.6 Å². The number of ether oxygens (including phenoxy) is 4. The highest BCUT2D eigenvalue weighted by Gasteiger charge is 2.28. The molecule has 0 radical (unpaired) electrons. The van der Waals surface area contributed by atoms with Crippen molar-refractivity contribution in [2.75, 3.05) is 20.8 Å². The molecular weight excluding hydrogens is 446 g/mol. The maximum atomic E-state index is 12.6. The van der Waals surface area contributed by atoms with Crippen molar-refractivity contribution in [3.8, 4) is 28.5 Å². The van der Waals surface area contributed by atoms with Gasteiger partial charge < -0.3 is 27.9 Å². The SMILES string of the molecule is CCOC(=O)Oc1c(-c2ccc(OC)cc2)c2oc3ccccc3c2n1Cc1ccccc1OC. The first-order chi connectivity index (χ1) is 17.1. The van der Waals surface area contributed by atoms with E-state index in [0.717, 1.165) is 39.1 Å². The van der Waals surface area contributed by atoms with Gasteiger partial charge in [0.25, 0.3) is 0 Å². The predicted octanol–water partition coefficient (Wildman–Crippen LogP) is 6.66. The third-order valence-electron chi connectivity index (χ3n) is 5.87. The standard InChI is InChI=1S/C28H25NO6/c1-4-33-28(30)35-27-24(18-13-15-20(31-2)16-14-18)26-25(21-10-6-8-12-23(21)34-26)29(27)17-19-9-5-7-11-22(19)32-3/h5-16H,4,17H2,1-3H3. The van der Waals surface area contributed by atoms with Crippen LogP contribution < -0.4 is 14.2 Å². The molecule has 7 heteroatoms. The summed E-state index contributed by atoms with van der Waals surface area (Å²) in [5, 5.41) is 0.908. The van der Waals surface area contributed by atoms with Gasteiger partial charge in [0, 0.05) is 10.9 Å². The van der Waals surface area contributed by atoms with Gasteiger partial charge in [0.2, 0.25) is 5.88 Å². The fraction of sp³-hybridized carbons (Fsp3) is 0.179. The largest absolute Gasteiger partial charge is 0.515 e. The molecule has 178 valence electrons. The van der Waals surface area contributed by atoms with Gasteiger partial charge >= 0.3 is 6.16 Å². The lowest BCUT2D eigenvalue weighted by molar-refractivity contribution is 0.101. The molecule has 3 aromatic carbocycles. The van der Waals surface area contributed by atoms with Crippen molar-refractivity contribution in [3.63, 3.8) is 0 Å². The summed E-state index contributed by atoms with van der Waals surface area (Å²) in [6, 6.07) is 23.1. The van der Waals surface area contributed by atoms with E-state index < -0.39 is 6.16 Å². The number of furan rings is 1. The average Bonchev–Trinajstić information content (AvgIpc) is 3.39. The van der Waals surface area contributed by atoms with Crippen molar-refractivity contribution in [2.45, 2.75) is 13.5 Å². The minimum atomic E-state index is -0.784. The second-order valence-corrected chi connectivity index (χ2v) is 7.87. The van der Waals surface area contributed by atoms with Crippen LogP contribution in [0.4, 0.5) is 4.79 Å². The summed E-state index contributed by atoms with van der Waals surface area (Å²) in [6.45, 7) is 2.32. The summed E-state index contributed by atoms with van der Waals surface area (Å²) in [7, 11) is 3.25. The molecule has 2 aromatic heterocycles. The van der Waals surface area contributed by atoms with Crippen molar-refractivity contribution < 1.29 is 28.2 Å². The third kappa shape index (κ3) is 4.05. The van der Waals surface area contributed by atoms with E-state index in [-0.39, 0.29) is 6.61 Å². The Bertz CT molecular complexity index is 1500. The van der Waals surface area contributed by atoms with Gasteiger partial charge in [-0.2, -0.15) is 0 Å². The minimum absolute atomic E-state index is 0.197. The first kappa shape index (κ1) is 22.4. The molecule has 0 fully saturated rings. The number of hydrogen-bond donors (Lipinski definition) is 0. The van der Waals surface area contributed by atoms with Crippen molar-refractivity contribution in [1.82, 2.24) is 4.57 Å². The van der Waals surface area contributed by atoms with E-state index in [1.807, 2.05) is 77.4 Å². The van der Waals surface area contributed by atoms with Crippen LogP contribution in [-0.4, -0.2) is 31.5 Å². The molecule has 5 rings (SSSR count). The molecule has 0 unspecified atom stereocenters. The first-order valence-electron chi connectivity index (χ1n) is 11.3. The Balaban J connectivity index is 1.81. The van der Waals surface area contributed by atoms with Gasteiger partial charge in [-0.25, -0.2) is 4.79 Å². The number of aromatic nitrogens is 1. The van der Waals surface area contributed by atoms with Crippen molar-refractivity contribution in [3.05, 3.63) is 78.4 Å². The normalized spacial score (nSPS) is 11.1. The summed E-state index contributed by atoms with van der Waals surface area (Å²) in [4.78, 5) is 12.6. The number of carbonyl (C=O) groups is 1. The van der Waals surface area contributed by atoms with Crippen molar-refractivity contribution >= 4 is 28.2 Å². The topological polar surface area (TPSA) is 72.1 Å². The van der Waals surface area contributed by atoms with Crippen molar-refractivity contribution in [1.29, 1.82) is 0 Å². The molecule has 0 aliphatic heterocycles. The highest BCUT2D eigenvalue weighted by atomic mass is 16.7. The summed E-state index contributed by atoms with van der Waals surface area (Å²) < 4.78 is 30.2. The molecule has 7 nitrogen and oxygen atoms in total. The number of benzene rings is 3. The summed E-state index contributed by atoms with van der Waals surface area (Å²) in [6.07, 6.45) is -0.784. The molecule has 0 N–H and O–H groups in total. The van der Waals surface area contributed by atoms with E-state index in [2.05, 4.69) is 0 Å². The van der Waals surface area contributed by atoms with Gasteiger partial charge in [0.15, 0.2) is 5.58 Å². The fourth-order valence-electron chi connectivity index (χ4n) is 4.30. The molecular formula is C28H25NO6. The molecule has 0 saturated heterocycles. The first-order valence-corrected chi connectivity index (χ1v) is 11.3. The molecule has 0 saturated carbocycles. The van der Waals surface area contributed by atoms with Crippen LogP contribution in [0.3, 0.4) is 0 Å². The van der Waals surface area contributed by atoms with Gasteiger partial charge in [-0.05, 0) is 42.8 Å². The lowest BCUT2D eigenvalue weighted by atomic mass is 10.1. The predicted molar refractivity (Wildman–Crippen MR) is 133 cm³/mol. The zero-order valence-electron chi connectivity index (χ0n) is 19.7. The molecule has 5 aromatic rings. The van der Waals surface area contributed by atoms with Gasteiger partial charge in [0.05, 0.1) is 38.5 Å². The Hall–Kier alpha value is -4.39. The van der Waals surface area contributed by atoms with Crippen LogP contribution in [-0.2, 0) is 11.3 Å². The third-order valence-corrected chi connectivity index (χ3v) is 5.87. The molecule has 0 atom stereocenters. The van der Waals surface area contributed by atoms with Gasteiger partial charge in [-0.3, -0.25) is 0 Å². The van der Waals surface area contributed by atoms with E-state index in [1.54, 1.807) is 21.1 Å². The summed E-state index contributed by atoms with van der Waals surface area (Å²) in [5.41, 5.74) is 4.56. The Morgan fingerprint density at radius 3 is 2.40 bits per heavy atom. The molecule has 0 amide bonds. The monoisotopic (exact) mass is 471 g/mol. The molecule has 2 heterocycles. The Kier molecular flexibility index (Phi) is 6.06. The molecule has 0 spiro atoms. The molecule has 35 heavy (non-hydrogen) atoms. The maximum Gasteiger partial charge on any atom is 0.515 e. The maximum absolute atomic E-state index is 12.6. The zero-order valence-corrected chi connectivity index (χ0v) is 19.7. The van der Waals surface area contributed by atoms with Crippen LogP contribution in [0.1, 0.15) is 12.5 Å². The van der Waals surface area contributed by atoms with Crippen LogP contribution in [0, 0.1) is 0 Å². The summed E-state index contributed by atoms with van der Waals surface area (Å²) >= 11 is 0. The van der Waals surface area contributed by atoms with Gasteiger partial charge in [0.1, 0.15) is 17.1 Å². The second-order valence-electron chi connectivity index (χ2n) is 7.87. The highest BCUT2D eigenvalue weighted by Crippen LogP contribution is 2.45. The highest BCUT2D eigenvalue weighted by molar-refractivity contribution is 6.10. The van der Waals surface area contributed by atoms with E-state index in [1.165, 1.54) is 0 Å². The van der Waals surface area contributed by atoms with E-state index >= 15 is 0 Å². The fourth-order valence-corrected chi connectivity index (χ4v) is 4.30. The number of fused-ring (bicyclic) bond motifs is 3.